The quantitative estimate of drug-likeness (QED) is 0.882. The van der Waals surface area contributed by atoms with Gasteiger partial charge in [-0.1, -0.05) is 19.4 Å². The van der Waals surface area contributed by atoms with E-state index < -0.39 is 0 Å². The topological polar surface area (TPSA) is 37.4 Å². The molecule has 0 saturated carbocycles. The molecule has 0 spiro atoms. The maximum Gasteiger partial charge on any atom is 0.213 e. The van der Waals surface area contributed by atoms with Crippen LogP contribution in [0, 0.1) is 0 Å². The predicted octanol–water partition coefficient (Wildman–Crippen LogP) is 2.05. The Hall–Kier alpha value is -1.13. The van der Waals surface area contributed by atoms with E-state index in [1.165, 1.54) is 19.3 Å². The number of hydrogen-bond donors (Lipinski definition) is 1. The van der Waals surface area contributed by atoms with Crippen molar-refractivity contribution in [3.63, 3.8) is 0 Å². The van der Waals surface area contributed by atoms with Gasteiger partial charge in [-0.25, -0.2) is 4.98 Å². The lowest BCUT2D eigenvalue weighted by Gasteiger charge is -2.23. The Labute approximate surface area is 116 Å². The summed E-state index contributed by atoms with van der Waals surface area (Å²) in [5, 5.41) is 3.63. The van der Waals surface area contributed by atoms with Crippen LogP contribution in [0.1, 0.15) is 31.9 Å². The minimum Gasteiger partial charge on any atom is -0.481 e. The lowest BCUT2D eigenvalue weighted by molar-refractivity contribution is 0.251. The van der Waals surface area contributed by atoms with Crippen LogP contribution >= 0.6 is 0 Å². The lowest BCUT2D eigenvalue weighted by Crippen LogP contribution is -2.37. The molecule has 1 aromatic heterocycles. The van der Waals surface area contributed by atoms with Crippen molar-refractivity contribution in [2.24, 2.45) is 0 Å². The summed E-state index contributed by atoms with van der Waals surface area (Å²) >= 11 is 0. The van der Waals surface area contributed by atoms with Crippen LogP contribution in [0.25, 0.3) is 0 Å². The molecule has 0 aliphatic carbocycles. The van der Waals surface area contributed by atoms with Gasteiger partial charge in [-0.2, -0.15) is 0 Å². The van der Waals surface area contributed by atoms with E-state index in [0.29, 0.717) is 11.9 Å². The Bertz CT molecular complexity index is 383. The largest absolute Gasteiger partial charge is 0.481 e. The fraction of sp³-hybridized carbons (Fsp3) is 0.667. The molecule has 1 aliphatic heterocycles. The number of pyridine rings is 1. The van der Waals surface area contributed by atoms with Gasteiger partial charge < -0.3 is 10.1 Å². The van der Waals surface area contributed by atoms with Gasteiger partial charge in [-0.3, -0.25) is 4.90 Å². The number of nitrogens with zero attached hydrogens (tertiary/aromatic N) is 2. The van der Waals surface area contributed by atoms with Gasteiger partial charge in [0.2, 0.25) is 5.88 Å². The van der Waals surface area contributed by atoms with Crippen LogP contribution in [0.2, 0.25) is 0 Å². The van der Waals surface area contributed by atoms with Gasteiger partial charge in [0.05, 0.1) is 12.8 Å². The second kappa shape index (κ2) is 7.46. The molecule has 0 aromatic carbocycles. The van der Waals surface area contributed by atoms with E-state index in [2.05, 4.69) is 28.2 Å². The van der Waals surface area contributed by atoms with Crippen LogP contribution in [-0.2, 0) is 6.54 Å². The molecular formula is C15H25N3O. The highest BCUT2D eigenvalue weighted by molar-refractivity contribution is 5.15. The monoisotopic (exact) mass is 263 g/mol. The average molecular weight is 263 g/mol. The molecule has 106 valence electrons. The predicted molar refractivity (Wildman–Crippen MR) is 77.4 cm³/mol. The standard InChI is InChI=1S/C15H25N3O/c1-3-6-13-11-18(10-5-9-16-13)12-14-7-4-8-15(17-14)19-2/h4,7-8,13,16H,3,5-6,9-12H2,1-2H3. The minimum atomic E-state index is 0.623. The number of aromatic nitrogens is 1. The maximum atomic E-state index is 5.19. The molecule has 1 N–H and O–H groups in total. The van der Waals surface area contributed by atoms with Crippen molar-refractivity contribution in [1.82, 2.24) is 15.2 Å². The van der Waals surface area contributed by atoms with Gasteiger partial charge in [0, 0.05) is 25.2 Å². The highest BCUT2D eigenvalue weighted by Crippen LogP contribution is 2.12. The van der Waals surface area contributed by atoms with Crippen molar-refractivity contribution >= 4 is 0 Å². The van der Waals surface area contributed by atoms with Gasteiger partial charge in [0.15, 0.2) is 0 Å². The highest BCUT2D eigenvalue weighted by atomic mass is 16.5. The van der Waals surface area contributed by atoms with Crippen molar-refractivity contribution in [3.05, 3.63) is 23.9 Å². The van der Waals surface area contributed by atoms with Crippen LogP contribution in [0.5, 0.6) is 5.88 Å². The molecule has 19 heavy (non-hydrogen) atoms. The summed E-state index contributed by atoms with van der Waals surface area (Å²) < 4.78 is 5.19. The number of methoxy groups -OCH3 is 1. The normalized spacial score (nSPS) is 21.1. The minimum absolute atomic E-state index is 0.623. The molecule has 2 rings (SSSR count). The lowest BCUT2D eigenvalue weighted by atomic mass is 10.1. The van der Waals surface area contributed by atoms with Gasteiger partial charge in [-0.05, 0) is 32.0 Å². The van der Waals surface area contributed by atoms with Crippen LogP contribution in [-0.4, -0.2) is 42.7 Å². The van der Waals surface area contributed by atoms with Crippen LogP contribution in [0.15, 0.2) is 18.2 Å². The van der Waals surface area contributed by atoms with Crippen molar-refractivity contribution in [2.75, 3.05) is 26.7 Å². The molecule has 1 saturated heterocycles. The van der Waals surface area contributed by atoms with Crippen molar-refractivity contribution in [2.45, 2.75) is 38.8 Å². The third-order valence-corrected chi connectivity index (χ3v) is 3.58. The van der Waals surface area contributed by atoms with Crippen LogP contribution in [0.3, 0.4) is 0 Å². The molecule has 1 aromatic rings. The zero-order valence-electron chi connectivity index (χ0n) is 12.1. The smallest absolute Gasteiger partial charge is 0.213 e. The maximum absolute atomic E-state index is 5.19. The van der Waals surface area contributed by atoms with Gasteiger partial charge in [-0.15, -0.1) is 0 Å². The summed E-state index contributed by atoms with van der Waals surface area (Å²) in [6, 6.07) is 6.61. The molecule has 0 amide bonds. The zero-order chi connectivity index (χ0) is 13.5. The number of nitrogens with one attached hydrogen (secondary N) is 1. The highest BCUT2D eigenvalue weighted by Gasteiger charge is 2.17. The molecule has 1 unspecified atom stereocenters. The molecular weight excluding hydrogens is 238 g/mol. The van der Waals surface area contributed by atoms with E-state index in [1.54, 1.807) is 7.11 Å². The van der Waals surface area contributed by atoms with Crippen LogP contribution in [0.4, 0.5) is 0 Å². The Kier molecular flexibility index (Phi) is 5.61. The van der Waals surface area contributed by atoms with E-state index in [1.807, 2.05) is 12.1 Å². The molecule has 0 bridgehead atoms. The Morgan fingerprint density at radius 3 is 3.16 bits per heavy atom. The van der Waals surface area contributed by atoms with Gasteiger partial charge in [0.1, 0.15) is 0 Å². The number of hydrogen-bond acceptors (Lipinski definition) is 4. The van der Waals surface area contributed by atoms with Crippen molar-refractivity contribution in [1.29, 1.82) is 0 Å². The average Bonchev–Trinajstić information content (AvgIpc) is 2.65. The third-order valence-electron chi connectivity index (χ3n) is 3.58. The second-order valence-electron chi connectivity index (χ2n) is 5.20. The summed E-state index contributed by atoms with van der Waals surface area (Å²) in [5.74, 6) is 0.704. The zero-order valence-corrected chi connectivity index (χ0v) is 12.1. The summed E-state index contributed by atoms with van der Waals surface area (Å²) in [7, 11) is 1.67. The van der Waals surface area contributed by atoms with Gasteiger partial charge in [0.25, 0.3) is 0 Å². The molecule has 1 aliphatic rings. The Morgan fingerprint density at radius 2 is 2.37 bits per heavy atom. The van der Waals surface area contributed by atoms with Gasteiger partial charge >= 0.3 is 0 Å². The first-order valence-corrected chi connectivity index (χ1v) is 7.27. The van der Waals surface area contributed by atoms with E-state index in [9.17, 15) is 0 Å². The molecule has 4 heteroatoms. The van der Waals surface area contributed by atoms with E-state index in [4.69, 9.17) is 4.74 Å². The first-order chi connectivity index (χ1) is 9.31. The van der Waals surface area contributed by atoms with Crippen molar-refractivity contribution in [3.8, 4) is 5.88 Å². The number of rotatable bonds is 5. The molecule has 1 atom stereocenters. The summed E-state index contributed by atoms with van der Waals surface area (Å²) in [4.78, 5) is 7.00. The fourth-order valence-corrected chi connectivity index (χ4v) is 2.65. The summed E-state index contributed by atoms with van der Waals surface area (Å²) in [6.45, 7) is 6.56. The SMILES string of the molecule is CCCC1CN(Cc2cccc(OC)n2)CCCN1. The van der Waals surface area contributed by atoms with Crippen LogP contribution < -0.4 is 10.1 Å². The molecule has 2 heterocycles. The first-order valence-electron chi connectivity index (χ1n) is 7.27. The van der Waals surface area contributed by atoms with E-state index >= 15 is 0 Å². The molecule has 0 radical (unpaired) electrons. The Balaban J connectivity index is 1.95. The summed E-state index contributed by atoms with van der Waals surface area (Å²) in [5.41, 5.74) is 1.09. The Morgan fingerprint density at radius 1 is 1.47 bits per heavy atom. The fourth-order valence-electron chi connectivity index (χ4n) is 2.65. The van der Waals surface area contributed by atoms with Crippen molar-refractivity contribution < 1.29 is 4.74 Å². The first kappa shape index (κ1) is 14.3. The van der Waals surface area contributed by atoms with E-state index in [0.717, 1.165) is 31.9 Å². The third kappa shape index (κ3) is 4.48. The molecule has 1 fully saturated rings. The molecule has 4 nitrogen and oxygen atoms in total. The summed E-state index contributed by atoms with van der Waals surface area (Å²) in [6.07, 6.45) is 3.70. The second-order valence-corrected chi connectivity index (χ2v) is 5.20. The number of ether oxygens (including phenoxy) is 1. The van der Waals surface area contributed by atoms with E-state index in [-0.39, 0.29) is 0 Å².